The van der Waals surface area contributed by atoms with Crippen LogP contribution in [0, 0.1) is 0 Å². The van der Waals surface area contributed by atoms with Crippen LogP contribution in [0.1, 0.15) is 44.2 Å². The van der Waals surface area contributed by atoms with E-state index in [1.807, 2.05) is 17.1 Å². The van der Waals surface area contributed by atoms with Gasteiger partial charge in [-0.2, -0.15) is 5.10 Å². The summed E-state index contributed by atoms with van der Waals surface area (Å²) < 4.78 is 8.35. The summed E-state index contributed by atoms with van der Waals surface area (Å²) >= 11 is 0. The van der Waals surface area contributed by atoms with Crippen molar-refractivity contribution < 1.29 is 4.74 Å². The van der Waals surface area contributed by atoms with Gasteiger partial charge in [-0.25, -0.2) is 9.67 Å². The predicted molar refractivity (Wildman–Crippen MR) is 77.3 cm³/mol. The molecule has 0 bridgehead atoms. The average Bonchev–Trinajstić information content (AvgIpc) is 2.94. The fraction of sp³-hybridized carbons (Fsp3) is 0.500. The zero-order valence-corrected chi connectivity index (χ0v) is 11.9. The van der Waals surface area contributed by atoms with Crippen LogP contribution in [0.3, 0.4) is 0 Å². The molecule has 2 atom stereocenters. The molecule has 2 aromatic rings. The third-order valence-electron chi connectivity index (χ3n) is 4.31. The van der Waals surface area contributed by atoms with Gasteiger partial charge >= 0.3 is 0 Å². The first-order chi connectivity index (χ1) is 9.87. The molecular formula is C16H21N3O. The zero-order chi connectivity index (χ0) is 13.8. The molecule has 20 heavy (non-hydrogen) atoms. The number of hydrogen-bond donors (Lipinski definition) is 0. The van der Waals surface area contributed by atoms with Crippen LogP contribution in [0.4, 0.5) is 0 Å². The van der Waals surface area contributed by atoms with E-state index in [1.165, 1.54) is 12.0 Å². The Morgan fingerprint density at radius 1 is 1.30 bits per heavy atom. The Balaban J connectivity index is 2.08. The first-order valence-electron chi connectivity index (χ1n) is 7.40. The molecule has 0 radical (unpaired) electrons. The molecule has 1 aliphatic rings. The van der Waals surface area contributed by atoms with Gasteiger partial charge in [0.25, 0.3) is 0 Å². The highest BCUT2D eigenvalue weighted by Gasteiger charge is 2.42. The van der Waals surface area contributed by atoms with Crippen LogP contribution in [0.5, 0.6) is 0 Å². The molecule has 1 aromatic heterocycles. The lowest BCUT2D eigenvalue weighted by molar-refractivity contribution is -0.0847. The summed E-state index contributed by atoms with van der Waals surface area (Å²) in [6.07, 6.45) is 7.70. The van der Waals surface area contributed by atoms with E-state index in [0.29, 0.717) is 0 Å². The van der Waals surface area contributed by atoms with Crippen molar-refractivity contribution >= 4 is 0 Å². The normalized spacial score (nSPS) is 27.1. The molecule has 1 aliphatic heterocycles. The minimum Gasteiger partial charge on any atom is -0.368 e. The van der Waals surface area contributed by atoms with Crippen LogP contribution >= 0.6 is 0 Å². The van der Waals surface area contributed by atoms with Crippen molar-refractivity contribution in [2.24, 2.45) is 0 Å². The second-order valence-electron chi connectivity index (χ2n) is 5.34. The second kappa shape index (κ2) is 5.75. The van der Waals surface area contributed by atoms with Gasteiger partial charge in [-0.05, 0) is 31.2 Å². The number of benzene rings is 1. The largest absolute Gasteiger partial charge is 0.368 e. The Bertz CT molecular complexity index is 526. The van der Waals surface area contributed by atoms with Crippen molar-refractivity contribution in [3.8, 4) is 0 Å². The fourth-order valence-corrected chi connectivity index (χ4v) is 3.29. The highest BCUT2D eigenvalue weighted by Crippen LogP contribution is 2.44. The van der Waals surface area contributed by atoms with Gasteiger partial charge in [-0.3, -0.25) is 0 Å². The van der Waals surface area contributed by atoms with Gasteiger partial charge in [-0.15, -0.1) is 0 Å². The lowest BCUT2D eigenvalue weighted by Gasteiger charge is -2.39. The van der Waals surface area contributed by atoms with E-state index in [2.05, 4.69) is 41.3 Å². The maximum atomic E-state index is 6.37. The zero-order valence-electron chi connectivity index (χ0n) is 11.9. The van der Waals surface area contributed by atoms with Crippen LogP contribution in [0.25, 0.3) is 0 Å². The Morgan fingerprint density at radius 3 is 2.85 bits per heavy atom. The van der Waals surface area contributed by atoms with Crippen LogP contribution in [0.15, 0.2) is 43.0 Å². The summed E-state index contributed by atoms with van der Waals surface area (Å²) in [6.45, 7) is 3.01. The van der Waals surface area contributed by atoms with E-state index in [-0.39, 0.29) is 11.6 Å². The molecule has 1 fully saturated rings. The van der Waals surface area contributed by atoms with E-state index in [1.54, 1.807) is 6.33 Å². The van der Waals surface area contributed by atoms with Crippen LogP contribution in [0.2, 0.25) is 0 Å². The topological polar surface area (TPSA) is 39.9 Å². The highest BCUT2D eigenvalue weighted by atomic mass is 16.5. The molecule has 0 saturated carbocycles. The predicted octanol–water partition coefficient (Wildman–Crippen LogP) is 3.33. The maximum absolute atomic E-state index is 6.37. The van der Waals surface area contributed by atoms with E-state index in [9.17, 15) is 0 Å². The van der Waals surface area contributed by atoms with Crippen LogP contribution in [-0.2, 0) is 10.3 Å². The van der Waals surface area contributed by atoms with Crippen molar-refractivity contribution in [2.75, 3.05) is 6.61 Å². The molecule has 0 N–H and O–H groups in total. The van der Waals surface area contributed by atoms with Gasteiger partial charge in [0.15, 0.2) is 0 Å². The van der Waals surface area contributed by atoms with Crippen molar-refractivity contribution in [1.29, 1.82) is 0 Å². The Hall–Kier alpha value is -1.68. The molecule has 106 valence electrons. The van der Waals surface area contributed by atoms with E-state index < -0.39 is 0 Å². The summed E-state index contributed by atoms with van der Waals surface area (Å²) in [6, 6.07) is 10.8. The standard InChI is InChI=1S/C16H21N3O/c1-2-16(14-8-4-3-5-9-14)15(10-6-7-11-20-16)19-13-17-12-18-19/h3-5,8-9,12-13,15H,2,6-7,10-11H2,1H3. The fourth-order valence-electron chi connectivity index (χ4n) is 3.29. The smallest absolute Gasteiger partial charge is 0.137 e. The first kappa shape index (κ1) is 13.3. The quantitative estimate of drug-likeness (QED) is 0.859. The van der Waals surface area contributed by atoms with Gasteiger partial charge in [-0.1, -0.05) is 37.3 Å². The van der Waals surface area contributed by atoms with Crippen molar-refractivity contribution in [3.05, 3.63) is 48.5 Å². The summed E-state index contributed by atoms with van der Waals surface area (Å²) in [7, 11) is 0. The molecule has 0 amide bonds. The van der Waals surface area contributed by atoms with Gasteiger partial charge in [0.2, 0.25) is 0 Å². The highest BCUT2D eigenvalue weighted by molar-refractivity contribution is 5.24. The molecule has 0 spiro atoms. The molecule has 4 heteroatoms. The molecule has 2 unspecified atom stereocenters. The summed E-state index contributed by atoms with van der Waals surface area (Å²) in [4.78, 5) is 4.12. The first-order valence-corrected chi connectivity index (χ1v) is 7.40. The number of aromatic nitrogens is 3. The third-order valence-corrected chi connectivity index (χ3v) is 4.31. The van der Waals surface area contributed by atoms with Gasteiger partial charge < -0.3 is 4.74 Å². The van der Waals surface area contributed by atoms with Crippen LogP contribution in [-0.4, -0.2) is 21.4 Å². The van der Waals surface area contributed by atoms with E-state index in [0.717, 1.165) is 25.9 Å². The summed E-state index contributed by atoms with van der Waals surface area (Å²) in [5.41, 5.74) is 0.941. The molecule has 3 rings (SSSR count). The number of nitrogens with zero attached hydrogens (tertiary/aromatic N) is 3. The van der Waals surface area contributed by atoms with Crippen molar-refractivity contribution in [1.82, 2.24) is 14.8 Å². The van der Waals surface area contributed by atoms with E-state index in [4.69, 9.17) is 4.74 Å². The van der Waals surface area contributed by atoms with Crippen molar-refractivity contribution in [3.63, 3.8) is 0 Å². The monoisotopic (exact) mass is 271 g/mol. The maximum Gasteiger partial charge on any atom is 0.137 e. The van der Waals surface area contributed by atoms with Crippen molar-refractivity contribution in [2.45, 2.75) is 44.2 Å². The number of rotatable bonds is 3. The Labute approximate surface area is 119 Å². The van der Waals surface area contributed by atoms with Gasteiger partial charge in [0, 0.05) is 6.61 Å². The minimum absolute atomic E-state index is 0.208. The van der Waals surface area contributed by atoms with Gasteiger partial charge in [0.1, 0.15) is 18.3 Å². The average molecular weight is 271 g/mol. The number of hydrogen-bond acceptors (Lipinski definition) is 3. The third kappa shape index (κ3) is 2.24. The Kier molecular flexibility index (Phi) is 3.83. The molecular weight excluding hydrogens is 250 g/mol. The van der Waals surface area contributed by atoms with Crippen LogP contribution < -0.4 is 0 Å². The lowest BCUT2D eigenvalue weighted by Crippen LogP contribution is -2.38. The van der Waals surface area contributed by atoms with E-state index >= 15 is 0 Å². The lowest BCUT2D eigenvalue weighted by atomic mass is 9.82. The summed E-state index contributed by atoms with van der Waals surface area (Å²) in [5, 5.41) is 4.38. The SMILES string of the molecule is CCC1(c2ccccc2)OCCCCC1n1cncn1. The Morgan fingerprint density at radius 2 is 2.15 bits per heavy atom. The molecule has 0 aliphatic carbocycles. The molecule has 2 heterocycles. The minimum atomic E-state index is -0.300. The molecule has 1 aromatic carbocycles. The number of ether oxygens (including phenoxy) is 1. The molecule has 4 nitrogen and oxygen atoms in total. The van der Waals surface area contributed by atoms with Gasteiger partial charge in [0.05, 0.1) is 6.04 Å². The summed E-state index contributed by atoms with van der Waals surface area (Å²) in [5.74, 6) is 0. The second-order valence-corrected chi connectivity index (χ2v) is 5.34. The molecule has 1 saturated heterocycles.